The summed E-state index contributed by atoms with van der Waals surface area (Å²) in [5, 5.41) is 4.75. The summed E-state index contributed by atoms with van der Waals surface area (Å²) in [6.07, 6.45) is 0. The Bertz CT molecular complexity index is 345. The van der Waals surface area contributed by atoms with Gasteiger partial charge in [0.25, 0.3) is 0 Å². The zero-order valence-corrected chi connectivity index (χ0v) is 10.0. The van der Waals surface area contributed by atoms with Crippen LogP contribution >= 0.6 is 0 Å². The van der Waals surface area contributed by atoms with Gasteiger partial charge in [-0.25, -0.2) is 0 Å². The Kier molecular flexibility index (Phi) is 4.64. The fourth-order valence-corrected chi connectivity index (χ4v) is 1.31. The number of nitrogens with one attached hydrogen (secondary N) is 2. The number of esters is 2. The second-order valence-corrected chi connectivity index (χ2v) is 3.73. The molecule has 0 aromatic rings. The van der Waals surface area contributed by atoms with Crippen LogP contribution in [0.5, 0.6) is 0 Å². The highest BCUT2D eigenvalue weighted by Crippen LogP contribution is 1.99. The lowest BCUT2D eigenvalue weighted by Gasteiger charge is -2.28. The van der Waals surface area contributed by atoms with Gasteiger partial charge in [-0.3, -0.25) is 19.2 Å². The van der Waals surface area contributed by atoms with Gasteiger partial charge in [0.1, 0.15) is 25.3 Å². The van der Waals surface area contributed by atoms with Crippen LogP contribution in [0.4, 0.5) is 0 Å². The zero-order valence-electron chi connectivity index (χ0n) is 10.0. The number of piperazine rings is 1. The lowest BCUT2D eigenvalue weighted by molar-refractivity contribution is -0.150. The summed E-state index contributed by atoms with van der Waals surface area (Å²) in [6.45, 7) is 1.94. The van der Waals surface area contributed by atoms with Crippen LogP contribution in [0, 0.1) is 0 Å². The average Bonchev–Trinajstić information content (AvgIpc) is 2.27. The number of amides is 2. The largest absolute Gasteiger partial charge is 0.463 e. The van der Waals surface area contributed by atoms with Crippen molar-refractivity contribution in [2.45, 2.75) is 25.9 Å². The summed E-state index contributed by atoms with van der Waals surface area (Å²) in [6, 6.07) is -1.84. The monoisotopic (exact) mass is 258 g/mol. The van der Waals surface area contributed by atoms with E-state index in [1.165, 1.54) is 13.8 Å². The van der Waals surface area contributed by atoms with Crippen molar-refractivity contribution >= 4 is 23.8 Å². The van der Waals surface area contributed by atoms with Gasteiger partial charge in [0, 0.05) is 13.8 Å². The van der Waals surface area contributed by atoms with E-state index in [0.29, 0.717) is 0 Å². The van der Waals surface area contributed by atoms with Crippen LogP contribution in [0.25, 0.3) is 0 Å². The lowest BCUT2D eigenvalue weighted by Crippen LogP contribution is -2.64. The molecule has 0 bridgehead atoms. The van der Waals surface area contributed by atoms with Gasteiger partial charge in [-0.1, -0.05) is 0 Å². The Morgan fingerprint density at radius 1 is 0.944 bits per heavy atom. The molecule has 1 rings (SSSR count). The molecule has 2 N–H and O–H groups in total. The number of hydrogen-bond acceptors (Lipinski definition) is 6. The Hall–Kier alpha value is -2.12. The highest BCUT2D eigenvalue weighted by atomic mass is 16.5. The molecule has 0 saturated carbocycles. The molecule has 2 atom stereocenters. The van der Waals surface area contributed by atoms with Gasteiger partial charge in [0.05, 0.1) is 0 Å². The fraction of sp³-hybridized carbons (Fsp3) is 0.600. The van der Waals surface area contributed by atoms with Gasteiger partial charge >= 0.3 is 11.9 Å². The highest BCUT2D eigenvalue weighted by molar-refractivity contribution is 5.97. The molecule has 0 aliphatic carbocycles. The maximum absolute atomic E-state index is 11.5. The molecule has 1 aliphatic rings. The van der Waals surface area contributed by atoms with Gasteiger partial charge < -0.3 is 20.1 Å². The Morgan fingerprint density at radius 2 is 1.28 bits per heavy atom. The van der Waals surface area contributed by atoms with Crippen LogP contribution in [0.2, 0.25) is 0 Å². The molecular weight excluding hydrogens is 244 g/mol. The van der Waals surface area contributed by atoms with Crippen LogP contribution in [0.15, 0.2) is 0 Å². The molecule has 0 aromatic heterocycles. The summed E-state index contributed by atoms with van der Waals surface area (Å²) >= 11 is 0. The van der Waals surface area contributed by atoms with Crippen molar-refractivity contribution in [1.82, 2.24) is 10.6 Å². The summed E-state index contributed by atoms with van der Waals surface area (Å²) in [4.78, 5) is 44.3. The quantitative estimate of drug-likeness (QED) is 0.569. The minimum atomic E-state index is -0.921. The molecule has 18 heavy (non-hydrogen) atoms. The van der Waals surface area contributed by atoms with Crippen molar-refractivity contribution < 1.29 is 28.7 Å². The minimum Gasteiger partial charge on any atom is -0.463 e. The van der Waals surface area contributed by atoms with Gasteiger partial charge in [-0.05, 0) is 0 Å². The van der Waals surface area contributed by atoms with Gasteiger partial charge in [-0.15, -0.1) is 0 Å². The Labute approximate surface area is 103 Å². The van der Waals surface area contributed by atoms with Crippen LogP contribution in [0.3, 0.4) is 0 Å². The molecule has 0 radical (unpaired) electrons. The maximum Gasteiger partial charge on any atom is 0.302 e. The van der Waals surface area contributed by atoms with Crippen molar-refractivity contribution in [2.75, 3.05) is 13.2 Å². The highest BCUT2D eigenvalue weighted by Gasteiger charge is 2.34. The van der Waals surface area contributed by atoms with Crippen molar-refractivity contribution in [1.29, 1.82) is 0 Å². The Balaban J connectivity index is 2.48. The third kappa shape index (κ3) is 4.04. The number of ether oxygens (including phenoxy) is 2. The van der Waals surface area contributed by atoms with E-state index < -0.39 is 35.8 Å². The first-order chi connectivity index (χ1) is 8.40. The SMILES string of the molecule is CC(=O)OC[C@H]1NC(=O)[C@@H](COC(C)=O)NC1=O. The van der Waals surface area contributed by atoms with E-state index in [4.69, 9.17) is 0 Å². The predicted molar refractivity (Wildman–Crippen MR) is 57.1 cm³/mol. The third-order valence-electron chi connectivity index (χ3n) is 2.17. The molecule has 2 amide bonds. The summed E-state index contributed by atoms with van der Waals surface area (Å²) < 4.78 is 9.27. The molecular formula is C10H14N2O6. The first kappa shape index (κ1) is 13.9. The number of rotatable bonds is 4. The van der Waals surface area contributed by atoms with Crippen molar-refractivity contribution in [3.05, 3.63) is 0 Å². The molecule has 8 nitrogen and oxygen atoms in total. The van der Waals surface area contributed by atoms with Crippen LogP contribution in [-0.2, 0) is 28.7 Å². The summed E-state index contributed by atoms with van der Waals surface area (Å²) in [7, 11) is 0. The Morgan fingerprint density at radius 3 is 1.56 bits per heavy atom. The summed E-state index contributed by atoms with van der Waals surface area (Å²) in [5.41, 5.74) is 0. The summed E-state index contributed by atoms with van der Waals surface area (Å²) in [5.74, 6) is -2.07. The fourth-order valence-electron chi connectivity index (χ4n) is 1.31. The minimum absolute atomic E-state index is 0.229. The third-order valence-corrected chi connectivity index (χ3v) is 2.17. The molecule has 0 spiro atoms. The second-order valence-electron chi connectivity index (χ2n) is 3.73. The average molecular weight is 258 g/mol. The number of carbonyl (C=O) groups is 4. The second kappa shape index (κ2) is 5.99. The van der Waals surface area contributed by atoms with Crippen molar-refractivity contribution in [3.63, 3.8) is 0 Å². The standard InChI is InChI=1S/C10H14N2O6/c1-5(13)17-3-7-9(15)12-8(10(16)11-7)4-18-6(2)14/h7-8H,3-4H2,1-2H3,(H,11,16)(H,12,15)/t7-,8-/m1/s1. The molecule has 100 valence electrons. The van der Waals surface area contributed by atoms with Gasteiger partial charge in [0.15, 0.2) is 0 Å². The van der Waals surface area contributed by atoms with Crippen LogP contribution in [0.1, 0.15) is 13.8 Å². The molecule has 0 unspecified atom stereocenters. The van der Waals surface area contributed by atoms with Gasteiger partial charge in [-0.2, -0.15) is 0 Å². The topological polar surface area (TPSA) is 111 Å². The maximum atomic E-state index is 11.5. The van der Waals surface area contributed by atoms with E-state index in [-0.39, 0.29) is 13.2 Å². The first-order valence-corrected chi connectivity index (χ1v) is 5.27. The molecule has 8 heteroatoms. The smallest absolute Gasteiger partial charge is 0.302 e. The number of hydrogen-bond donors (Lipinski definition) is 2. The molecule has 1 aliphatic heterocycles. The molecule has 1 fully saturated rings. The van der Waals surface area contributed by atoms with Crippen molar-refractivity contribution in [3.8, 4) is 0 Å². The van der Waals surface area contributed by atoms with E-state index in [9.17, 15) is 19.2 Å². The first-order valence-electron chi connectivity index (χ1n) is 5.27. The van der Waals surface area contributed by atoms with Crippen LogP contribution in [-0.4, -0.2) is 49.1 Å². The normalized spacial score (nSPS) is 22.8. The van der Waals surface area contributed by atoms with E-state index in [1.807, 2.05) is 0 Å². The molecule has 1 heterocycles. The predicted octanol–water partition coefficient (Wildman–Crippen LogP) is -1.90. The molecule has 0 aromatic carbocycles. The van der Waals surface area contributed by atoms with Crippen molar-refractivity contribution in [2.24, 2.45) is 0 Å². The van der Waals surface area contributed by atoms with Gasteiger partial charge in [0.2, 0.25) is 11.8 Å². The van der Waals surface area contributed by atoms with E-state index in [0.717, 1.165) is 0 Å². The van der Waals surface area contributed by atoms with Crippen LogP contribution < -0.4 is 10.6 Å². The van der Waals surface area contributed by atoms with E-state index in [2.05, 4.69) is 20.1 Å². The lowest BCUT2D eigenvalue weighted by atomic mass is 10.1. The molecule has 1 saturated heterocycles. The van der Waals surface area contributed by atoms with E-state index in [1.54, 1.807) is 0 Å². The number of carbonyl (C=O) groups excluding carboxylic acids is 4. The zero-order chi connectivity index (χ0) is 13.7. The van der Waals surface area contributed by atoms with E-state index >= 15 is 0 Å².